The van der Waals surface area contributed by atoms with E-state index >= 15 is 0 Å². The van der Waals surface area contributed by atoms with Crippen LogP contribution in [0.4, 0.5) is 0 Å². The number of halogens is 1. The van der Waals surface area contributed by atoms with Crippen molar-refractivity contribution in [3.8, 4) is 11.5 Å². The number of amides is 1. The predicted molar refractivity (Wildman–Crippen MR) is 99.9 cm³/mol. The van der Waals surface area contributed by atoms with Crippen LogP contribution in [0.1, 0.15) is 28.8 Å². The Bertz CT molecular complexity index is 755. The fraction of sp³-hybridized carbons (Fsp3) is 0.350. The Morgan fingerprint density at radius 1 is 1.15 bits per heavy atom. The van der Waals surface area contributed by atoms with Gasteiger partial charge in [0.15, 0.2) is 11.5 Å². The maximum absolute atomic E-state index is 12.6. The lowest BCUT2D eigenvalue weighted by Crippen LogP contribution is -2.40. The molecule has 3 rings (SSSR count). The molecule has 0 aliphatic carbocycles. The van der Waals surface area contributed by atoms with Gasteiger partial charge in [-0.15, -0.1) is 0 Å². The number of carbonyl (C=O) groups excluding carboxylic acids is 1. The molecule has 1 aliphatic rings. The summed E-state index contributed by atoms with van der Waals surface area (Å²) in [6, 6.07) is 12.6. The molecule has 2 aromatic carbocycles. The first-order valence-electron chi connectivity index (χ1n) is 8.59. The molecule has 1 fully saturated rings. The molecule has 1 saturated heterocycles. The molecule has 0 saturated carbocycles. The summed E-state index contributed by atoms with van der Waals surface area (Å²) < 4.78 is 11.2. The van der Waals surface area contributed by atoms with Gasteiger partial charge in [-0.2, -0.15) is 0 Å². The molecule has 1 heterocycles. The largest absolute Gasteiger partial charge is 0.493 e. The summed E-state index contributed by atoms with van der Waals surface area (Å²) in [4.78, 5) is 14.4. The van der Waals surface area contributed by atoms with E-state index in [0.29, 0.717) is 54.6 Å². The van der Waals surface area contributed by atoms with Gasteiger partial charge in [0.25, 0.3) is 5.91 Å². The molecule has 6 heteroatoms. The third-order valence-electron chi connectivity index (χ3n) is 4.47. The lowest BCUT2D eigenvalue weighted by molar-refractivity contribution is 0.0546. The standard InChI is InChI=1S/C20H22ClNO4/c1-25-19-12-15(20(24)22-10-8-17(23)9-11-22)4-7-18(19)26-13-14-2-5-16(21)6-3-14/h2-7,12,17,23H,8-11,13H2,1H3. The molecule has 1 N–H and O–H groups in total. The first-order valence-corrected chi connectivity index (χ1v) is 8.97. The van der Waals surface area contributed by atoms with E-state index in [1.807, 2.05) is 24.3 Å². The minimum absolute atomic E-state index is 0.0561. The molecule has 0 unspecified atom stereocenters. The lowest BCUT2D eigenvalue weighted by atomic mass is 10.1. The number of benzene rings is 2. The van der Waals surface area contributed by atoms with Crippen LogP contribution in [0.2, 0.25) is 5.02 Å². The van der Waals surface area contributed by atoms with Crippen molar-refractivity contribution in [1.29, 1.82) is 0 Å². The summed E-state index contributed by atoms with van der Waals surface area (Å²) in [6.07, 6.45) is 0.924. The maximum Gasteiger partial charge on any atom is 0.253 e. The number of hydrogen-bond donors (Lipinski definition) is 1. The van der Waals surface area contributed by atoms with E-state index in [4.69, 9.17) is 21.1 Å². The van der Waals surface area contributed by atoms with Crippen LogP contribution in [0.15, 0.2) is 42.5 Å². The molecule has 138 valence electrons. The summed E-state index contributed by atoms with van der Waals surface area (Å²) in [6.45, 7) is 1.51. The van der Waals surface area contributed by atoms with Crippen LogP contribution in [-0.2, 0) is 6.61 Å². The second-order valence-corrected chi connectivity index (χ2v) is 6.74. The molecule has 5 nitrogen and oxygen atoms in total. The van der Waals surface area contributed by atoms with E-state index in [0.717, 1.165) is 5.56 Å². The summed E-state index contributed by atoms with van der Waals surface area (Å²) in [5.74, 6) is 1.04. The van der Waals surface area contributed by atoms with Crippen LogP contribution in [0.5, 0.6) is 11.5 Å². The summed E-state index contributed by atoms with van der Waals surface area (Å²) in [5, 5.41) is 10.3. The summed E-state index contributed by atoms with van der Waals surface area (Å²) in [5.41, 5.74) is 1.54. The molecule has 0 spiro atoms. The van der Waals surface area contributed by atoms with Crippen LogP contribution in [0.3, 0.4) is 0 Å². The lowest BCUT2D eigenvalue weighted by Gasteiger charge is -2.29. The summed E-state index contributed by atoms with van der Waals surface area (Å²) in [7, 11) is 1.55. The van der Waals surface area contributed by atoms with Gasteiger partial charge < -0.3 is 19.5 Å². The van der Waals surface area contributed by atoms with Crippen molar-refractivity contribution in [2.24, 2.45) is 0 Å². The Kier molecular flexibility index (Phi) is 6.01. The van der Waals surface area contributed by atoms with Gasteiger partial charge >= 0.3 is 0 Å². The molecule has 0 bridgehead atoms. The SMILES string of the molecule is COc1cc(C(=O)N2CCC(O)CC2)ccc1OCc1ccc(Cl)cc1. The number of aliphatic hydroxyl groups is 1. The van der Waals surface area contributed by atoms with Crippen molar-refractivity contribution < 1.29 is 19.4 Å². The van der Waals surface area contributed by atoms with Crippen LogP contribution in [0, 0.1) is 0 Å². The average molecular weight is 376 g/mol. The highest BCUT2D eigenvalue weighted by molar-refractivity contribution is 6.30. The smallest absolute Gasteiger partial charge is 0.253 e. The number of methoxy groups -OCH3 is 1. The van der Waals surface area contributed by atoms with Gasteiger partial charge in [0.05, 0.1) is 13.2 Å². The second-order valence-electron chi connectivity index (χ2n) is 6.30. The number of likely N-dealkylation sites (tertiary alicyclic amines) is 1. The number of aliphatic hydroxyl groups excluding tert-OH is 1. The average Bonchev–Trinajstić information content (AvgIpc) is 2.67. The van der Waals surface area contributed by atoms with Gasteiger partial charge in [0.1, 0.15) is 6.61 Å². The van der Waals surface area contributed by atoms with Gasteiger partial charge in [-0.05, 0) is 48.7 Å². The molecular formula is C20H22ClNO4. The van der Waals surface area contributed by atoms with E-state index in [9.17, 15) is 9.90 Å². The van der Waals surface area contributed by atoms with Crippen molar-refractivity contribution in [2.45, 2.75) is 25.6 Å². The van der Waals surface area contributed by atoms with Crippen molar-refractivity contribution >= 4 is 17.5 Å². The number of hydrogen-bond acceptors (Lipinski definition) is 4. The molecule has 0 aromatic heterocycles. The van der Waals surface area contributed by atoms with E-state index in [1.165, 1.54) is 0 Å². The Morgan fingerprint density at radius 3 is 2.50 bits per heavy atom. The first-order chi connectivity index (χ1) is 12.6. The molecule has 0 atom stereocenters. The molecular weight excluding hydrogens is 354 g/mol. The maximum atomic E-state index is 12.6. The normalized spacial score (nSPS) is 15.0. The Hall–Kier alpha value is -2.24. The van der Waals surface area contributed by atoms with Crippen molar-refractivity contribution in [3.05, 3.63) is 58.6 Å². The highest BCUT2D eigenvalue weighted by Gasteiger charge is 2.23. The van der Waals surface area contributed by atoms with Crippen molar-refractivity contribution in [3.63, 3.8) is 0 Å². The third-order valence-corrected chi connectivity index (χ3v) is 4.72. The monoisotopic (exact) mass is 375 g/mol. The highest BCUT2D eigenvalue weighted by atomic mass is 35.5. The van der Waals surface area contributed by atoms with Gasteiger partial charge in [-0.25, -0.2) is 0 Å². The van der Waals surface area contributed by atoms with E-state index in [1.54, 1.807) is 30.2 Å². The second kappa shape index (κ2) is 8.43. The zero-order chi connectivity index (χ0) is 18.5. The molecule has 1 aliphatic heterocycles. The Balaban J connectivity index is 1.68. The first kappa shape index (κ1) is 18.5. The number of nitrogens with zero attached hydrogens (tertiary/aromatic N) is 1. The number of ether oxygens (including phenoxy) is 2. The van der Waals surface area contributed by atoms with Gasteiger partial charge in [-0.1, -0.05) is 23.7 Å². The number of carbonyl (C=O) groups is 1. The molecule has 1 amide bonds. The zero-order valence-electron chi connectivity index (χ0n) is 14.7. The third kappa shape index (κ3) is 4.48. The van der Waals surface area contributed by atoms with Gasteiger partial charge in [-0.3, -0.25) is 4.79 Å². The Labute approximate surface area is 158 Å². The van der Waals surface area contributed by atoms with Gasteiger partial charge in [0.2, 0.25) is 0 Å². The fourth-order valence-corrected chi connectivity index (χ4v) is 3.04. The molecule has 26 heavy (non-hydrogen) atoms. The highest BCUT2D eigenvalue weighted by Crippen LogP contribution is 2.30. The molecule has 0 radical (unpaired) electrons. The predicted octanol–water partition coefficient (Wildman–Crippen LogP) is 3.52. The number of rotatable bonds is 5. The van der Waals surface area contributed by atoms with E-state index in [2.05, 4.69) is 0 Å². The summed E-state index contributed by atoms with van der Waals surface area (Å²) >= 11 is 5.88. The van der Waals surface area contributed by atoms with Crippen molar-refractivity contribution in [2.75, 3.05) is 20.2 Å². The van der Waals surface area contributed by atoms with Crippen LogP contribution in [0.25, 0.3) is 0 Å². The minimum Gasteiger partial charge on any atom is -0.493 e. The molecule has 2 aromatic rings. The van der Waals surface area contributed by atoms with Gasteiger partial charge in [0, 0.05) is 23.7 Å². The number of piperidine rings is 1. The van der Waals surface area contributed by atoms with Crippen molar-refractivity contribution in [1.82, 2.24) is 4.90 Å². The minimum atomic E-state index is -0.308. The van der Waals surface area contributed by atoms with E-state index < -0.39 is 0 Å². The fourth-order valence-electron chi connectivity index (χ4n) is 2.91. The Morgan fingerprint density at radius 2 is 1.85 bits per heavy atom. The quantitative estimate of drug-likeness (QED) is 0.868. The van der Waals surface area contributed by atoms with E-state index in [-0.39, 0.29) is 12.0 Å². The van der Waals surface area contributed by atoms with Crippen LogP contribution < -0.4 is 9.47 Å². The topological polar surface area (TPSA) is 59.0 Å². The van der Waals surface area contributed by atoms with Crippen LogP contribution in [-0.4, -0.2) is 42.2 Å². The van der Waals surface area contributed by atoms with Crippen LogP contribution >= 0.6 is 11.6 Å². The zero-order valence-corrected chi connectivity index (χ0v) is 15.4.